The lowest BCUT2D eigenvalue weighted by Crippen LogP contribution is -2.27. The van der Waals surface area contributed by atoms with Gasteiger partial charge in [-0.3, -0.25) is 19.3 Å². The van der Waals surface area contributed by atoms with Crippen molar-refractivity contribution in [3.63, 3.8) is 0 Å². The molecule has 0 spiro atoms. The van der Waals surface area contributed by atoms with Crippen LogP contribution in [0.25, 0.3) is 6.08 Å². The monoisotopic (exact) mass is 526 g/mol. The lowest BCUT2D eigenvalue weighted by Gasteiger charge is -2.13. The van der Waals surface area contributed by atoms with Crippen LogP contribution >= 0.6 is 35.0 Å². The summed E-state index contributed by atoms with van der Waals surface area (Å²) in [5.41, 5.74) is 3.15. The molecule has 1 N–H and O–H groups in total. The summed E-state index contributed by atoms with van der Waals surface area (Å²) in [6, 6.07) is 19.4. The Balaban J connectivity index is 1.39. The molecule has 3 aromatic carbocycles. The molecule has 0 bridgehead atoms. The molecule has 1 heterocycles. The van der Waals surface area contributed by atoms with Gasteiger partial charge in [0.25, 0.3) is 17.1 Å². The molecular weight excluding hydrogens is 507 g/mol. The van der Waals surface area contributed by atoms with E-state index in [9.17, 15) is 14.4 Å². The molecule has 0 radical (unpaired) electrons. The van der Waals surface area contributed by atoms with E-state index < -0.39 is 5.91 Å². The Kier molecular flexibility index (Phi) is 7.80. The van der Waals surface area contributed by atoms with Crippen LogP contribution in [-0.4, -0.2) is 28.6 Å². The Morgan fingerprint density at radius 3 is 2.54 bits per heavy atom. The fraction of sp³-hybridized carbons (Fsp3) is 0.115. The SMILES string of the molecule is Cc1ccc(NC(=O)COc2cccc(/C=C3\SC(=O)N(Cc4ccc(Cl)c(Cl)c4)C3=O)c2)cc1. The first-order valence-corrected chi connectivity index (χ1v) is 12.1. The zero-order valence-corrected chi connectivity index (χ0v) is 20.9. The number of carbonyl (C=O) groups is 3. The van der Waals surface area contributed by atoms with Gasteiger partial charge in [-0.05, 0) is 72.3 Å². The second kappa shape index (κ2) is 11.0. The lowest BCUT2D eigenvalue weighted by molar-refractivity contribution is -0.123. The van der Waals surface area contributed by atoms with Crippen molar-refractivity contribution in [2.24, 2.45) is 0 Å². The van der Waals surface area contributed by atoms with E-state index in [1.54, 1.807) is 48.5 Å². The van der Waals surface area contributed by atoms with Gasteiger partial charge in [0, 0.05) is 5.69 Å². The van der Waals surface area contributed by atoms with Crippen molar-refractivity contribution in [3.8, 4) is 5.75 Å². The standard InChI is InChI=1S/C26H20Cl2N2O4S/c1-16-5-8-19(9-6-16)29-24(31)15-34-20-4-2-3-17(11-20)13-23-25(32)30(26(33)35-23)14-18-7-10-21(27)22(28)12-18/h2-13H,14-15H2,1H3,(H,29,31)/b23-13-. The summed E-state index contributed by atoms with van der Waals surface area (Å²) in [7, 11) is 0. The summed E-state index contributed by atoms with van der Waals surface area (Å²) in [6.07, 6.45) is 1.62. The van der Waals surface area contributed by atoms with Crippen LogP contribution in [0.2, 0.25) is 10.0 Å². The van der Waals surface area contributed by atoms with Crippen molar-refractivity contribution in [1.82, 2.24) is 4.90 Å². The Labute approximate surface area is 216 Å². The number of hydrogen-bond acceptors (Lipinski definition) is 5. The minimum atomic E-state index is -0.394. The van der Waals surface area contributed by atoms with Gasteiger partial charge in [-0.1, -0.05) is 59.1 Å². The van der Waals surface area contributed by atoms with Crippen molar-refractivity contribution in [2.45, 2.75) is 13.5 Å². The molecule has 0 atom stereocenters. The van der Waals surface area contributed by atoms with Gasteiger partial charge in [-0.15, -0.1) is 0 Å². The molecule has 4 rings (SSSR count). The molecule has 0 aromatic heterocycles. The van der Waals surface area contributed by atoms with Crippen LogP contribution in [0.15, 0.2) is 71.6 Å². The van der Waals surface area contributed by atoms with Crippen LogP contribution in [0, 0.1) is 6.92 Å². The number of halogens is 2. The van der Waals surface area contributed by atoms with Gasteiger partial charge in [0.2, 0.25) is 0 Å². The van der Waals surface area contributed by atoms with Crippen LogP contribution in [0.3, 0.4) is 0 Å². The smallest absolute Gasteiger partial charge is 0.293 e. The van der Waals surface area contributed by atoms with Crippen LogP contribution in [-0.2, 0) is 16.1 Å². The highest BCUT2D eigenvalue weighted by atomic mass is 35.5. The van der Waals surface area contributed by atoms with Crippen LogP contribution in [0.5, 0.6) is 5.75 Å². The molecule has 1 aliphatic rings. The van der Waals surface area contributed by atoms with Gasteiger partial charge in [-0.25, -0.2) is 0 Å². The molecule has 6 nitrogen and oxygen atoms in total. The number of ether oxygens (including phenoxy) is 1. The molecule has 1 fully saturated rings. The maximum absolute atomic E-state index is 12.8. The minimum Gasteiger partial charge on any atom is -0.484 e. The number of hydrogen-bond donors (Lipinski definition) is 1. The average Bonchev–Trinajstić information content (AvgIpc) is 3.09. The zero-order valence-electron chi connectivity index (χ0n) is 18.6. The number of rotatable bonds is 7. The fourth-order valence-electron chi connectivity index (χ4n) is 3.29. The first kappa shape index (κ1) is 24.9. The molecular formula is C26H20Cl2N2O4S. The number of imide groups is 1. The third-order valence-electron chi connectivity index (χ3n) is 5.06. The van der Waals surface area contributed by atoms with Gasteiger partial charge >= 0.3 is 0 Å². The summed E-state index contributed by atoms with van der Waals surface area (Å²) >= 11 is 12.8. The number of carbonyl (C=O) groups excluding carboxylic acids is 3. The summed E-state index contributed by atoms with van der Waals surface area (Å²) in [5.74, 6) is -0.217. The second-order valence-electron chi connectivity index (χ2n) is 7.79. The number of anilines is 1. The van der Waals surface area contributed by atoms with E-state index in [2.05, 4.69) is 5.32 Å². The first-order valence-electron chi connectivity index (χ1n) is 10.6. The number of nitrogens with one attached hydrogen (secondary N) is 1. The highest BCUT2D eigenvalue weighted by molar-refractivity contribution is 8.18. The minimum absolute atomic E-state index is 0.0954. The quantitative estimate of drug-likeness (QED) is 0.353. The fourth-order valence-corrected chi connectivity index (χ4v) is 4.44. The van der Waals surface area contributed by atoms with Gasteiger partial charge in [0.1, 0.15) is 5.75 Å². The van der Waals surface area contributed by atoms with Gasteiger partial charge in [-0.2, -0.15) is 0 Å². The topological polar surface area (TPSA) is 75.7 Å². The summed E-state index contributed by atoms with van der Waals surface area (Å²) in [5, 5.41) is 3.16. The zero-order chi connectivity index (χ0) is 24.9. The van der Waals surface area contributed by atoms with Crippen molar-refractivity contribution in [1.29, 1.82) is 0 Å². The Hall–Kier alpha value is -3.26. The maximum atomic E-state index is 12.8. The Bertz CT molecular complexity index is 1330. The number of aryl methyl sites for hydroxylation is 1. The van der Waals surface area contributed by atoms with Crippen molar-refractivity contribution in [2.75, 3.05) is 11.9 Å². The van der Waals surface area contributed by atoms with E-state index in [-0.39, 0.29) is 24.3 Å². The first-order chi connectivity index (χ1) is 16.8. The number of thioether (sulfide) groups is 1. The third kappa shape index (κ3) is 6.45. The van der Waals surface area contributed by atoms with E-state index in [0.29, 0.717) is 37.5 Å². The molecule has 3 aromatic rings. The molecule has 178 valence electrons. The second-order valence-corrected chi connectivity index (χ2v) is 9.60. The third-order valence-corrected chi connectivity index (χ3v) is 6.71. The highest BCUT2D eigenvalue weighted by Crippen LogP contribution is 2.34. The van der Waals surface area contributed by atoms with E-state index in [1.807, 2.05) is 31.2 Å². The van der Waals surface area contributed by atoms with Gasteiger partial charge in [0.15, 0.2) is 6.61 Å². The van der Waals surface area contributed by atoms with Gasteiger partial charge in [0.05, 0.1) is 21.5 Å². The van der Waals surface area contributed by atoms with E-state index in [4.69, 9.17) is 27.9 Å². The number of benzene rings is 3. The number of nitrogens with zero attached hydrogens (tertiary/aromatic N) is 1. The highest BCUT2D eigenvalue weighted by Gasteiger charge is 2.35. The Morgan fingerprint density at radius 1 is 1.03 bits per heavy atom. The average molecular weight is 527 g/mol. The van der Waals surface area contributed by atoms with Crippen molar-refractivity contribution in [3.05, 3.63) is 98.4 Å². The predicted molar refractivity (Wildman–Crippen MR) is 140 cm³/mol. The van der Waals surface area contributed by atoms with Crippen molar-refractivity contribution < 1.29 is 19.1 Å². The summed E-state index contributed by atoms with van der Waals surface area (Å²) < 4.78 is 5.60. The normalized spacial score (nSPS) is 14.5. The summed E-state index contributed by atoms with van der Waals surface area (Å²) in [4.78, 5) is 38.9. The molecule has 9 heteroatoms. The van der Waals surface area contributed by atoms with Crippen LogP contribution in [0.1, 0.15) is 16.7 Å². The summed E-state index contributed by atoms with van der Waals surface area (Å²) in [6.45, 7) is 1.90. The van der Waals surface area contributed by atoms with E-state index >= 15 is 0 Å². The molecule has 1 saturated heterocycles. The molecule has 1 aliphatic heterocycles. The molecule has 0 saturated carbocycles. The van der Waals surface area contributed by atoms with Crippen LogP contribution < -0.4 is 10.1 Å². The largest absolute Gasteiger partial charge is 0.484 e. The molecule has 3 amide bonds. The van der Waals surface area contributed by atoms with E-state index in [0.717, 1.165) is 22.2 Å². The Morgan fingerprint density at radius 2 is 1.80 bits per heavy atom. The van der Waals surface area contributed by atoms with Gasteiger partial charge < -0.3 is 10.1 Å². The predicted octanol–water partition coefficient (Wildman–Crippen LogP) is 6.56. The van der Waals surface area contributed by atoms with E-state index in [1.165, 1.54) is 0 Å². The van der Waals surface area contributed by atoms with Crippen molar-refractivity contribution >= 4 is 63.8 Å². The molecule has 0 aliphatic carbocycles. The molecule has 35 heavy (non-hydrogen) atoms. The maximum Gasteiger partial charge on any atom is 0.293 e. The van der Waals surface area contributed by atoms with Crippen LogP contribution in [0.4, 0.5) is 10.5 Å². The molecule has 0 unspecified atom stereocenters. The number of amides is 3. The lowest BCUT2D eigenvalue weighted by atomic mass is 10.2.